The number of carbonyl (C=O) groups excluding carboxylic acids is 1. The molecule has 21 heavy (non-hydrogen) atoms. The SMILES string of the molecule is CN(C)C1COC2(CCN(C(=O)c3cn(C)cn3)CC2)C1. The second kappa shape index (κ2) is 5.42. The fourth-order valence-electron chi connectivity index (χ4n) is 3.30. The number of rotatable bonds is 2. The van der Waals surface area contributed by atoms with Crippen molar-refractivity contribution in [2.45, 2.75) is 30.9 Å². The highest BCUT2D eigenvalue weighted by Crippen LogP contribution is 2.37. The molecule has 6 nitrogen and oxygen atoms in total. The van der Waals surface area contributed by atoms with Crippen molar-refractivity contribution in [3.8, 4) is 0 Å². The van der Waals surface area contributed by atoms with Crippen LogP contribution < -0.4 is 0 Å². The van der Waals surface area contributed by atoms with Crippen LogP contribution in [0.25, 0.3) is 0 Å². The van der Waals surface area contributed by atoms with Crippen LogP contribution in [-0.4, -0.2) is 70.7 Å². The van der Waals surface area contributed by atoms with Crippen molar-refractivity contribution in [1.82, 2.24) is 19.4 Å². The first-order chi connectivity index (χ1) is 9.99. The van der Waals surface area contributed by atoms with Crippen LogP contribution in [-0.2, 0) is 11.8 Å². The zero-order valence-corrected chi connectivity index (χ0v) is 13.1. The van der Waals surface area contributed by atoms with Crippen LogP contribution >= 0.6 is 0 Å². The van der Waals surface area contributed by atoms with Gasteiger partial charge < -0.3 is 19.1 Å². The van der Waals surface area contributed by atoms with E-state index in [0.29, 0.717) is 11.7 Å². The van der Waals surface area contributed by atoms with Gasteiger partial charge in [-0.2, -0.15) is 0 Å². The second-order valence-corrected chi connectivity index (χ2v) is 6.53. The summed E-state index contributed by atoms with van der Waals surface area (Å²) in [4.78, 5) is 20.7. The lowest BCUT2D eigenvalue weighted by Crippen LogP contribution is -2.47. The van der Waals surface area contributed by atoms with Gasteiger partial charge in [-0.05, 0) is 33.4 Å². The van der Waals surface area contributed by atoms with Gasteiger partial charge in [0.1, 0.15) is 5.69 Å². The average Bonchev–Trinajstić information content (AvgIpc) is 3.06. The van der Waals surface area contributed by atoms with Crippen molar-refractivity contribution in [2.24, 2.45) is 7.05 Å². The van der Waals surface area contributed by atoms with Crippen molar-refractivity contribution in [1.29, 1.82) is 0 Å². The predicted octanol–water partition coefficient (Wildman–Crippen LogP) is 0.745. The van der Waals surface area contributed by atoms with Crippen LogP contribution in [0.4, 0.5) is 0 Å². The maximum absolute atomic E-state index is 12.4. The van der Waals surface area contributed by atoms with E-state index in [-0.39, 0.29) is 11.5 Å². The zero-order chi connectivity index (χ0) is 15.0. The number of hydrogen-bond donors (Lipinski definition) is 0. The molecule has 2 aliphatic rings. The lowest BCUT2D eigenvalue weighted by Gasteiger charge is -2.38. The number of aromatic nitrogens is 2. The van der Waals surface area contributed by atoms with Crippen LogP contribution in [0.5, 0.6) is 0 Å². The van der Waals surface area contributed by atoms with Gasteiger partial charge >= 0.3 is 0 Å². The maximum atomic E-state index is 12.4. The molecule has 1 spiro atoms. The Morgan fingerprint density at radius 2 is 2.14 bits per heavy atom. The fourth-order valence-corrected chi connectivity index (χ4v) is 3.30. The van der Waals surface area contributed by atoms with Gasteiger partial charge in [-0.3, -0.25) is 4.79 Å². The first kappa shape index (κ1) is 14.5. The van der Waals surface area contributed by atoms with E-state index in [4.69, 9.17) is 4.74 Å². The van der Waals surface area contributed by atoms with Crippen LogP contribution in [0.1, 0.15) is 29.8 Å². The zero-order valence-electron chi connectivity index (χ0n) is 13.1. The molecule has 0 aromatic carbocycles. The fraction of sp³-hybridized carbons (Fsp3) is 0.733. The van der Waals surface area contributed by atoms with Crippen molar-refractivity contribution in [3.63, 3.8) is 0 Å². The normalized spacial score (nSPS) is 25.0. The molecule has 3 heterocycles. The summed E-state index contributed by atoms with van der Waals surface area (Å²) in [5, 5.41) is 0. The first-order valence-corrected chi connectivity index (χ1v) is 7.57. The summed E-state index contributed by atoms with van der Waals surface area (Å²) in [7, 11) is 6.09. The highest BCUT2D eigenvalue weighted by atomic mass is 16.5. The monoisotopic (exact) mass is 292 g/mol. The number of piperidine rings is 1. The van der Waals surface area contributed by atoms with Gasteiger partial charge in [-0.25, -0.2) is 4.98 Å². The Labute approximate surface area is 125 Å². The number of ether oxygens (including phenoxy) is 1. The van der Waals surface area contributed by atoms with E-state index in [1.165, 1.54) is 0 Å². The number of carbonyl (C=O) groups is 1. The van der Waals surface area contributed by atoms with E-state index in [0.717, 1.165) is 39.0 Å². The van der Waals surface area contributed by atoms with Gasteiger partial charge in [-0.1, -0.05) is 0 Å². The molecule has 0 bridgehead atoms. The first-order valence-electron chi connectivity index (χ1n) is 7.57. The maximum Gasteiger partial charge on any atom is 0.274 e. The Hall–Kier alpha value is -1.40. The molecule has 1 aromatic rings. The molecular weight excluding hydrogens is 268 g/mol. The minimum Gasteiger partial charge on any atom is -0.373 e. The molecule has 6 heteroatoms. The van der Waals surface area contributed by atoms with Gasteiger partial charge in [0.25, 0.3) is 5.91 Å². The molecule has 2 fully saturated rings. The summed E-state index contributed by atoms with van der Waals surface area (Å²) in [5.41, 5.74) is 0.516. The minimum atomic E-state index is -0.0180. The Kier molecular flexibility index (Phi) is 3.75. The number of aryl methyl sites for hydroxylation is 1. The lowest BCUT2D eigenvalue weighted by molar-refractivity contribution is -0.0393. The number of amides is 1. The van der Waals surface area contributed by atoms with Crippen LogP contribution in [0.15, 0.2) is 12.5 Å². The average molecular weight is 292 g/mol. The summed E-state index contributed by atoms with van der Waals surface area (Å²) in [6.07, 6.45) is 6.37. The smallest absolute Gasteiger partial charge is 0.274 e. The van der Waals surface area contributed by atoms with Gasteiger partial charge in [0.05, 0.1) is 18.5 Å². The van der Waals surface area contributed by atoms with E-state index >= 15 is 0 Å². The van der Waals surface area contributed by atoms with Gasteiger partial charge in [0.2, 0.25) is 0 Å². The van der Waals surface area contributed by atoms with Crippen LogP contribution in [0.3, 0.4) is 0 Å². The highest BCUT2D eigenvalue weighted by Gasteiger charge is 2.44. The Bertz CT molecular complexity index is 517. The molecule has 1 unspecified atom stereocenters. The molecule has 1 atom stereocenters. The quantitative estimate of drug-likeness (QED) is 0.807. The van der Waals surface area contributed by atoms with Crippen molar-refractivity contribution in [2.75, 3.05) is 33.8 Å². The Morgan fingerprint density at radius 3 is 2.67 bits per heavy atom. The molecule has 116 valence electrons. The second-order valence-electron chi connectivity index (χ2n) is 6.53. The lowest BCUT2D eigenvalue weighted by atomic mass is 9.87. The van der Waals surface area contributed by atoms with E-state index in [2.05, 4.69) is 24.0 Å². The number of likely N-dealkylation sites (tertiary alicyclic amines) is 1. The molecule has 1 aromatic heterocycles. The molecular formula is C15H24N4O2. The van der Waals surface area contributed by atoms with Crippen LogP contribution in [0, 0.1) is 0 Å². The summed E-state index contributed by atoms with van der Waals surface area (Å²) in [6, 6.07) is 0.503. The topological polar surface area (TPSA) is 50.6 Å². The minimum absolute atomic E-state index is 0.0180. The van der Waals surface area contributed by atoms with E-state index in [1.807, 2.05) is 11.9 Å². The molecule has 3 rings (SSSR count). The number of imidazole rings is 1. The Morgan fingerprint density at radius 1 is 1.43 bits per heavy atom. The number of likely N-dealkylation sites (N-methyl/N-ethyl adjacent to an activating group) is 1. The van der Waals surface area contributed by atoms with Crippen LogP contribution in [0.2, 0.25) is 0 Å². The van der Waals surface area contributed by atoms with Gasteiger partial charge in [0.15, 0.2) is 0 Å². The van der Waals surface area contributed by atoms with E-state index in [1.54, 1.807) is 17.1 Å². The third kappa shape index (κ3) is 2.82. The number of nitrogens with zero attached hydrogens (tertiary/aromatic N) is 4. The predicted molar refractivity (Wildman–Crippen MR) is 79.1 cm³/mol. The molecule has 0 aliphatic carbocycles. The molecule has 0 radical (unpaired) electrons. The van der Waals surface area contributed by atoms with Crippen molar-refractivity contribution >= 4 is 5.91 Å². The molecule has 2 aliphatic heterocycles. The van der Waals surface area contributed by atoms with E-state index in [9.17, 15) is 4.79 Å². The summed E-state index contributed by atoms with van der Waals surface area (Å²) in [6.45, 7) is 2.33. The third-order valence-corrected chi connectivity index (χ3v) is 4.81. The molecule has 2 saturated heterocycles. The molecule has 0 N–H and O–H groups in total. The number of hydrogen-bond acceptors (Lipinski definition) is 4. The third-order valence-electron chi connectivity index (χ3n) is 4.81. The molecule has 1 amide bonds. The van der Waals surface area contributed by atoms with E-state index < -0.39 is 0 Å². The molecule has 0 saturated carbocycles. The summed E-state index contributed by atoms with van der Waals surface area (Å²) in [5.74, 6) is 0.0348. The van der Waals surface area contributed by atoms with Gasteiger partial charge in [-0.15, -0.1) is 0 Å². The van der Waals surface area contributed by atoms with Crippen molar-refractivity contribution < 1.29 is 9.53 Å². The summed E-state index contributed by atoms with van der Waals surface area (Å²) >= 11 is 0. The Balaban J connectivity index is 1.59. The van der Waals surface area contributed by atoms with Crippen molar-refractivity contribution in [3.05, 3.63) is 18.2 Å². The van der Waals surface area contributed by atoms with Gasteiger partial charge in [0, 0.05) is 32.4 Å². The standard InChI is InChI=1S/C15H24N4O2/c1-17(2)12-8-15(21-10-12)4-6-19(7-5-15)14(20)13-9-18(3)11-16-13/h9,11-12H,4-8,10H2,1-3H3. The highest BCUT2D eigenvalue weighted by molar-refractivity contribution is 5.92. The summed E-state index contributed by atoms with van der Waals surface area (Å²) < 4.78 is 7.90. The largest absolute Gasteiger partial charge is 0.373 e.